The molecule has 2 aromatic rings. The van der Waals surface area contributed by atoms with Crippen LogP contribution < -0.4 is 4.90 Å². The number of hydrogen-bond acceptors (Lipinski definition) is 6. The molecular formula is C21H28N6O2. The Morgan fingerprint density at radius 3 is 2.76 bits per heavy atom. The minimum absolute atomic E-state index is 0.0979. The van der Waals surface area contributed by atoms with Gasteiger partial charge in [-0.2, -0.15) is 5.10 Å². The standard InChI is InChI=1S/C21H28N6O2/c1-13-16(17(25-24-13)14-4-5-14)19(28)27-9-7-21(8-10-27)18-15(6-11-29-21)12-22-20(23-18)26(2)3/h12,14H,4-11H2,1-3H3,(H,24,25). The highest BCUT2D eigenvalue weighted by Gasteiger charge is 2.44. The fraction of sp³-hybridized carbons (Fsp3) is 0.619. The third-order valence-electron chi connectivity index (χ3n) is 6.44. The summed E-state index contributed by atoms with van der Waals surface area (Å²) in [6.07, 6.45) is 6.55. The second-order valence-corrected chi connectivity index (χ2v) is 8.71. The maximum absolute atomic E-state index is 13.3. The van der Waals surface area contributed by atoms with Crippen molar-refractivity contribution in [1.29, 1.82) is 0 Å². The lowest BCUT2D eigenvalue weighted by Crippen LogP contribution is -2.49. The number of likely N-dealkylation sites (tertiary alicyclic amines) is 1. The minimum atomic E-state index is -0.414. The predicted molar refractivity (Wildman–Crippen MR) is 108 cm³/mol. The molecule has 1 saturated carbocycles. The predicted octanol–water partition coefficient (Wildman–Crippen LogP) is 2.16. The molecule has 1 saturated heterocycles. The molecule has 5 rings (SSSR count). The monoisotopic (exact) mass is 396 g/mol. The number of hydrogen-bond donors (Lipinski definition) is 1. The molecule has 2 aromatic heterocycles. The van der Waals surface area contributed by atoms with E-state index >= 15 is 0 Å². The second-order valence-electron chi connectivity index (χ2n) is 8.71. The van der Waals surface area contributed by atoms with Gasteiger partial charge in [0.2, 0.25) is 5.95 Å². The minimum Gasteiger partial charge on any atom is -0.368 e. The van der Waals surface area contributed by atoms with E-state index in [-0.39, 0.29) is 5.91 Å². The van der Waals surface area contributed by atoms with Gasteiger partial charge in [-0.05, 0) is 44.6 Å². The van der Waals surface area contributed by atoms with Crippen molar-refractivity contribution in [2.24, 2.45) is 0 Å². The third-order valence-corrected chi connectivity index (χ3v) is 6.44. The van der Waals surface area contributed by atoms with Crippen LogP contribution in [0, 0.1) is 6.92 Å². The van der Waals surface area contributed by atoms with Crippen LogP contribution >= 0.6 is 0 Å². The van der Waals surface area contributed by atoms with E-state index in [2.05, 4.69) is 15.2 Å². The van der Waals surface area contributed by atoms with Crippen molar-refractivity contribution in [1.82, 2.24) is 25.1 Å². The molecule has 1 amide bonds. The average Bonchev–Trinajstić information content (AvgIpc) is 3.50. The number of nitrogens with one attached hydrogen (secondary N) is 1. The van der Waals surface area contributed by atoms with E-state index < -0.39 is 5.60 Å². The molecule has 1 N–H and O–H groups in total. The van der Waals surface area contributed by atoms with E-state index in [1.165, 1.54) is 5.56 Å². The molecule has 8 heteroatoms. The normalized spacial score (nSPS) is 20.6. The summed E-state index contributed by atoms with van der Waals surface area (Å²) >= 11 is 0. The summed E-state index contributed by atoms with van der Waals surface area (Å²) in [5.74, 6) is 1.25. The van der Waals surface area contributed by atoms with Crippen LogP contribution in [0.5, 0.6) is 0 Å². The Morgan fingerprint density at radius 1 is 1.31 bits per heavy atom. The molecule has 1 spiro atoms. The van der Waals surface area contributed by atoms with E-state index in [4.69, 9.17) is 9.72 Å². The Hall–Kier alpha value is -2.48. The van der Waals surface area contributed by atoms with Crippen LogP contribution in [0.4, 0.5) is 5.95 Å². The number of carbonyl (C=O) groups excluding carboxylic acids is 1. The van der Waals surface area contributed by atoms with Crippen LogP contribution in [-0.4, -0.2) is 64.8 Å². The molecule has 3 aliphatic rings. The molecule has 0 aromatic carbocycles. The summed E-state index contributed by atoms with van der Waals surface area (Å²) in [5, 5.41) is 7.44. The molecular weight excluding hydrogens is 368 g/mol. The number of anilines is 1. The van der Waals surface area contributed by atoms with Crippen LogP contribution in [-0.2, 0) is 16.8 Å². The quantitative estimate of drug-likeness (QED) is 0.855. The summed E-state index contributed by atoms with van der Waals surface area (Å²) in [4.78, 5) is 26.5. The first-order chi connectivity index (χ1) is 14.0. The molecule has 154 valence electrons. The van der Waals surface area contributed by atoms with Gasteiger partial charge < -0.3 is 14.5 Å². The van der Waals surface area contributed by atoms with Gasteiger partial charge in [-0.1, -0.05) is 0 Å². The molecule has 2 aliphatic heterocycles. The van der Waals surface area contributed by atoms with Gasteiger partial charge in [-0.3, -0.25) is 9.89 Å². The number of carbonyl (C=O) groups is 1. The number of amides is 1. The zero-order chi connectivity index (χ0) is 20.2. The summed E-state index contributed by atoms with van der Waals surface area (Å²) in [6.45, 7) is 3.94. The van der Waals surface area contributed by atoms with E-state index in [1.807, 2.05) is 37.0 Å². The van der Waals surface area contributed by atoms with E-state index in [0.29, 0.717) is 31.6 Å². The first-order valence-corrected chi connectivity index (χ1v) is 10.5. The molecule has 0 unspecified atom stereocenters. The molecule has 8 nitrogen and oxygen atoms in total. The van der Waals surface area contributed by atoms with Crippen molar-refractivity contribution >= 4 is 11.9 Å². The second kappa shape index (κ2) is 6.79. The number of nitrogens with zero attached hydrogens (tertiary/aromatic N) is 5. The summed E-state index contributed by atoms with van der Waals surface area (Å²) in [7, 11) is 3.90. The van der Waals surface area contributed by atoms with Crippen molar-refractivity contribution in [3.05, 3.63) is 34.4 Å². The summed E-state index contributed by atoms with van der Waals surface area (Å²) in [6, 6.07) is 0. The first kappa shape index (κ1) is 18.5. The van der Waals surface area contributed by atoms with Crippen molar-refractivity contribution in [2.45, 2.75) is 50.5 Å². The Kier molecular flexibility index (Phi) is 4.34. The highest BCUT2D eigenvalue weighted by Crippen LogP contribution is 2.43. The number of H-pyrrole nitrogens is 1. The van der Waals surface area contributed by atoms with Crippen LogP contribution in [0.25, 0.3) is 0 Å². The number of piperidine rings is 1. The van der Waals surface area contributed by atoms with Crippen LogP contribution in [0.2, 0.25) is 0 Å². The number of aryl methyl sites for hydroxylation is 1. The Bertz CT molecular complexity index is 941. The van der Waals surface area contributed by atoms with Gasteiger partial charge >= 0.3 is 0 Å². The molecule has 0 radical (unpaired) electrons. The molecule has 0 atom stereocenters. The lowest BCUT2D eigenvalue weighted by atomic mass is 9.83. The SMILES string of the molecule is Cc1[nH]nc(C2CC2)c1C(=O)N1CCC2(CC1)OCCc1cnc(N(C)C)nc12. The first-order valence-electron chi connectivity index (χ1n) is 10.5. The van der Waals surface area contributed by atoms with Gasteiger partial charge in [0, 0.05) is 45.0 Å². The number of rotatable bonds is 3. The average molecular weight is 396 g/mol. The van der Waals surface area contributed by atoms with Gasteiger partial charge in [-0.25, -0.2) is 9.97 Å². The molecule has 2 fully saturated rings. The maximum Gasteiger partial charge on any atom is 0.257 e. The maximum atomic E-state index is 13.3. The Labute approximate surface area is 170 Å². The fourth-order valence-electron chi connectivity index (χ4n) is 4.60. The molecule has 4 heterocycles. The zero-order valence-corrected chi connectivity index (χ0v) is 17.4. The lowest BCUT2D eigenvalue weighted by molar-refractivity contribution is -0.0967. The highest BCUT2D eigenvalue weighted by atomic mass is 16.5. The molecule has 1 aliphatic carbocycles. The van der Waals surface area contributed by atoms with E-state index in [9.17, 15) is 4.79 Å². The van der Waals surface area contributed by atoms with Crippen LogP contribution in [0.15, 0.2) is 6.20 Å². The topological polar surface area (TPSA) is 87.2 Å². The largest absolute Gasteiger partial charge is 0.368 e. The number of fused-ring (bicyclic) bond motifs is 2. The lowest BCUT2D eigenvalue weighted by Gasteiger charge is -2.44. The zero-order valence-electron chi connectivity index (χ0n) is 17.4. The van der Waals surface area contributed by atoms with Crippen molar-refractivity contribution in [3.8, 4) is 0 Å². The van der Waals surface area contributed by atoms with Crippen molar-refractivity contribution in [2.75, 3.05) is 38.7 Å². The fourth-order valence-corrected chi connectivity index (χ4v) is 4.60. The van der Waals surface area contributed by atoms with Crippen molar-refractivity contribution < 1.29 is 9.53 Å². The summed E-state index contributed by atoms with van der Waals surface area (Å²) in [5.41, 5.74) is 4.37. The van der Waals surface area contributed by atoms with Crippen LogP contribution in [0.1, 0.15) is 64.6 Å². The molecule has 0 bridgehead atoms. The van der Waals surface area contributed by atoms with Gasteiger partial charge in [0.05, 0.1) is 23.6 Å². The van der Waals surface area contributed by atoms with Crippen molar-refractivity contribution in [3.63, 3.8) is 0 Å². The van der Waals surface area contributed by atoms with E-state index in [0.717, 1.165) is 54.7 Å². The van der Waals surface area contributed by atoms with Crippen LogP contribution in [0.3, 0.4) is 0 Å². The third kappa shape index (κ3) is 3.10. The van der Waals surface area contributed by atoms with E-state index in [1.54, 1.807) is 0 Å². The van der Waals surface area contributed by atoms with Gasteiger partial charge in [-0.15, -0.1) is 0 Å². The smallest absolute Gasteiger partial charge is 0.257 e. The van der Waals surface area contributed by atoms with Gasteiger partial charge in [0.1, 0.15) is 5.60 Å². The van der Waals surface area contributed by atoms with Gasteiger partial charge in [0.15, 0.2) is 0 Å². The summed E-state index contributed by atoms with van der Waals surface area (Å²) < 4.78 is 6.32. The Balaban J connectivity index is 1.38. The Morgan fingerprint density at radius 2 is 2.07 bits per heavy atom. The molecule has 29 heavy (non-hydrogen) atoms. The number of aromatic nitrogens is 4. The highest BCUT2D eigenvalue weighted by molar-refractivity contribution is 5.96. The number of aromatic amines is 1. The van der Waals surface area contributed by atoms with Gasteiger partial charge in [0.25, 0.3) is 5.91 Å². The number of ether oxygens (including phenoxy) is 1.